The molecule has 0 bridgehead atoms. The van der Waals surface area contributed by atoms with E-state index in [1.54, 1.807) is 30.3 Å². The van der Waals surface area contributed by atoms with Crippen LogP contribution in [0.5, 0.6) is 0 Å². The number of amides is 2. The lowest BCUT2D eigenvalue weighted by Crippen LogP contribution is -2.53. The van der Waals surface area contributed by atoms with E-state index < -0.39 is 28.5 Å². The van der Waals surface area contributed by atoms with E-state index in [0.29, 0.717) is 17.3 Å². The highest BCUT2D eigenvalue weighted by Gasteiger charge is 2.34. The molecule has 0 aromatic heterocycles. The molecule has 0 spiro atoms. The summed E-state index contributed by atoms with van der Waals surface area (Å²) < 4.78 is 29.0. The lowest BCUT2D eigenvalue weighted by molar-refractivity contribution is -0.140. The molecule has 4 rings (SSSR count). The van der Waals surface area contributed by atoms with Crippen molar-refractivity contribution >= 4 is 39.1 Å². The number of nitrogens with one attached hydrogen (secondary N) is 1. The third-order valence-corrected chi connectivity index (χ3v) is 8.99. The van der Waals surface area contributed by atoms with Crippen molar-refractivity contribution < 1.29 is 18.0 Å². The van der Waals surface area contributed by atoms with Crippen LogP contribution in [0.3, 0.4) is 0 Å². The van der Waals surface area contributed by atoms with Crippen LogP contribution >= 0.6 is 11.6 Å². The van der Waals surface area contributed by atoms with E-state index in [2.05, 4.69) is 5.32 Å². The Morgan fingerprint density at radius 3 is 2.05 bits per heavy atom. The van der Waals surface area contributed by atoms with Crippen molar-refractivity contribution in [3.05, 3.63) is 131 Å². The molecule has 42 heavy (non-hydrogen) atoms. The van der Waals surface area contributed by atoms with Crippen molar-refractivity contribution in [3.8, 4) is 0 Å². The zero-order valence-corrected chi connectivity index (χ0v) is 25.2. The molecule has 9 heteroatoms. The molecule has 0 saturated carbocycles. The third kappa shape index (κ3) is 7.57. The van der Waals surface area contributed by atoms with Crippen molar-refractivity contribution in [3.63, 3.8) is 0 Å². The number of halogens is 1. The second-order valence-electron chi connectivity index (χ2n) is 9.85. The first-order valence-electron chi connectivity index (χ1n) is 13.7. The van der Waals surface area contributed by atoms with Crippen LogP contribution in [0.4, 0.5) is 5.69 Å². The topological polar surface area (TPSA) is 86.8 Å². The van der Waals surface area contributed by atoms with Crippen LogP contribution in [0.25, 0.3) is 0 Å². The highest BCUT2D eigenvalue weighted by atomic mass is 35.5. The van der Waals surface area contributed by atoms with Crippen LogP contribution in [-0.4, -0.2) is 44.3 Å². The van der Waals surface area contributed by atoms with Crippen LogP contribution < -0.4 is 9.62 Å². The first kappa shape index (κ1) is 30.8. The SMILES string of the molecule is CCNC(=O)[C@@H](Cc1ccccc1)N(Cc1ccccc1C)C(=O)CN(c1ccccc1)S(=O)(=O)c1ccc(Cl)cc1. The molecule has 4 aromatic rings. The van der Waals surface area contributed by atoms with E-state index in [1.165, 1.54) is 29.2 Å². The number of nitrogens with zero attached hydrogens (tertiary/aromatic N) is 2. The number of carbonyl (C=O) groups is 2. The van der Waals surface area contributed by atoms with E-state index in [1.807, 2.05) is 68.4 Å². The van der Waals surface area contributed by atoms with Crippen LogP contribution in [0.1, 0.15) is 23.6 Å². The molecular formula is C33H34ClN3O4S. The average molecular weight is 604 g/mol. The number of benzene rings is 4. The number of hydrogen-bond acceptors (Lipinski definition) is 4. The Kier molecular flexibility index (Phi) is 10.4. The quantitative estimate of drug-likeness (QED) is 0.228. The molecule has 0 aliphatic heterocycles. The lowest BCUT2D eigenvalue weighted by Gasteiger charge is -2.34. The van der Waals surface area contributed by atoms with Gasteiger partial charge in [0.05, 0.1) is 10.6 Å². The molecule has 0 unspecified atom stereocenters. The molecule has 0 aliphatic carbocycles. The summed E-state index contributed by atoms with van der Waals surface area (Å²) in [6.45, 7) is 3.77. The minimum Gasteiger partial charge on any atom is -0.355 e. The second-order valence-corrected chi connectivity index (χ2v) is 12.1. The molecule has 1 atom stereocenters. The van der Waals surface area contributed by atoms with Gasteiger partial charge in [0.25, 0.3) is 10.0 Å². The number of rotatable bonds is 12. The maximum Gasteiger partial charge on any atom is 0.264 e. The Hall–Kier alpha value is -4.14. The normalized spacial score (nSPS) is 11.9. The predicted molar refractivity (Wildman–Crippen MR) is 167 cm³/mol. The molecule has 0 aliphatic rings. The van der Waals surface area contributed by atoms with Gasteiger partial charge >= 0.3 is 0 Å². The van der Waals surface area contributed by atoms with Crippen LogP contribution in [0.2, 0.25) is 5.02 Å². The van der Waals surface area contributed by atoms with Crippen molar-refractivity contribution in [1.82, 2.24) is 10.2 Å². The van der Waals surface area contributed by atoms with Crippen LogP contribution in [-0.2, 0) is 32.6 Å². The van der Waals surface area contributed by atoms with Crippen LogP contribution in [0, 0.1) is 6.92 Å². The standard InChI is InChI=1S/C33H34ClN3O4S/c1-3-35-33(39)31(22-26-13-6-4-7-14-26)36(23-27-15-11-10-12-25(27)2)32(38)24-37(29-16-8-5-9-17-29)42(40,41)30-20-18-28(34)19-21-30/h4-21,31H,3,22-24H2,1-2H3,(H,35,39)/t31-/m1/s1. The summed E-state index contributed by atoms with van der Waals surface area (Å²) in [5.41, 5.74) is 3.03. The van der Waals surface area contributed by atoms with Gasteiger partial charge in [-0.2, -0.15) is 0 Å². The van der Waals surface area contributed by atoms with Gasteiger partial charge in [0.2, 0.25) is 11.8 Å². The average Bonchev–Trinajstić information content (AvgIpc) is 2.99. The van der Waals surface area contributed by atoms with Crippen molar-refractivity contribution in [1.29, 1.82) is 0 Å². The highest BCUT2D eigenvalue weighted by Crippen LogP contribution is 2.26. The lowest BCUT2D eigenvalue weighted by atomic mass is 10.0. The first-order chi connectivity index (χ1) is 20.2. The summed E-state index contributed by atoms with van der Waals surface area (Å²) in [5, 5.41) is 3.27. The number of hydrogen-bond donors (Lipinski definition) is 1. The largest absolute Gasteiger partial charge is 0.355 e. The molecule has 0 saturated heterocycles. The summed E-state index contributed by atoms with van der Waals surface area (Å²) in [5.74, 6) is -0.818. The zero-order valence-electron chi connectivity index (χ0n) is 23.6. The molecule has 0 heterocycles. The molecule has 218 valence electrons. The summed E-state index contributed by atoms with van der Waals surface area (Å²) in [6.07, 6.45) is 0.263. The van der Waals surface area contributed by atoms with Gasteiger partial charge in [-0.25, -0.2) is 8.42 Å². The maximum absolute atomic E-state index is 14.3. The van der Waals surface area contributed by atoms with Crippen molar-refractivity contribution in [2.75, 3.05) is 17.4 Å². The highest BCUT2D eigenvalue weighted by molar-refractivity contribution is 7.92. The predicted octanol–water partition coefficient (Wildman–Crippen LogP) is 5.62. The molecule has 1 N–H and O–H groups in total. The van der Waals surface area contributed by atoms with E-state index in [4.69, 9.17) is 11.6 Å². The fourth-order valence-electron chi connectivity index (χ4n) is 4.67. The van der Waals surface area contributed by atoms with Crippen molar-refractivity contribution in [2.45, 2.75) is 37.8 Å². The minimum absolute atomic E-state index is 0.00133. The molecule has 0 radical (unpaired) electrons. The fourth-order valence-corrected chi connectivity index (χ4v) is 6.21. The maximum atomic E-state index is 14.3. The Labute approximate surface area is 252 Å². The van der Waals surface area contributed by atoms with Gasteiger partial charge in [-0.15, -0.1) is 0 Å². The molecule has 2 amide bonds. The summed E-state index contributed by atoms with van der Waals surface area (Å²) >= 11 is 6.02. The van der Waals surface area contributed by atoms with Gasteiger partial charge in [-0.3, -0.25) is 13.9 Å². The minimum atomic E-state index is -4.17. The monoisotopic (exact) mass is 603 g/mol. The zero-order chi connectivity index (χ0) is 30.1. The van der Waals surface area contributed by atoms with Crippen molar-refractivity contribution in [2.24, 2.45) is 0 Å². The van der Waals surface area contributed by atoms with Crippen LogP contribution in [0.15, 0.2) is 114 Å². The van der Waals surface area contributed by atoms with Gasteiger partial charge in [0.15, 0.2) is 0 Å². The smallest absolute Gasteiger partial charge is 0.264 e. The van der Waals surface area contributed by atoms with Gasteiger partial charge < -0.3 is 10.2 Å². The number of anilines is 1. The fraction of sp³-hybridized carbons (Fsp3) is 0.212. The molecule has 4 aromatic carbocycles. The molecule has 7 nitrogen and oxygen atoms in total. The number of carbonyl (C=O) groups excluding carboxylic acids is 2. The third-order valence-electron chi connectivity index (χ3n) is 6.95. The summed E-state index contributed by atoms with van der Waals surface area (Å²) in [6, 6.07) is 30.5. The number of aryl methyl sites for hydroxylation is 1. The Morgan fingerprint density at radius 2 is 1.43 bits per heavy atom. The Morgan fingerprint density at radius 1 is 0.833 bits per heavy atom. The van der Waals surface area contributed by atoms with E-state index in [9.17, 15) is 18.0 Å². The summed E-state index contributed by atoms with van der Waals surface area (Å²) in [7, 11) is -4.17. The molecular weight excluding hydrogens is 570 g/mol. The first-order valence-corrected chi connectivity index (χ1v) is 15.5. The van der Waals surface area contributed by atoms with Gasteiger partial charge in [-0.05, 0) is 66.9 Å². The number of para-hydroxylation sites is 1. The number of likely N-dealkylation sites (N-methyl/N-ethyl adjacent to an activating group) is 1. The second kappa shape index (κ2) is 14.2. The summed E-state index contributed by atoms with van der Waals surface area (Å²) in [4.78, 5) is 29.4. The van der Waals surface area contributed by atoms with E-state index >= 15 is 0 Å². The molecule has 0 fully saturated rings. The number of sulfonamides is 1. The van der Waals surface area contributed by atoms with Gasteiger partial charge in [-0.1, -0.05) is 84.4 Å². The van der Waals surface area contributed by atoms with E-state index in [-0.39, 0.29) is 23.8 Å². The van der Waals surface area contributed by atoms with Gasteiger partial charge in [0.1, 0.15) is 12.6 Å². The Balaban J connectivity index is 1.78. The van der Waals surface area contributed by atoms with Gasteiger partial charge in [0, 0.05) is 24.5 Å². The Bertz CT molecular complexity index is 1600. The van der Waals surface area contributed by atoms with E-state index in [0.717, 1.165) is 21.0 Å².